The summed E-state index contributed by atoms with van der Waals surface area (Å²) in [6, 6.07) is 8.12. The highest BCUT2D eigenvalue weighted by atomic mass is 16.5. The predicted octanol–water partition coefficient (Wildman–Crippen LogP) is 1.79. The molecule has 0 aliphatic carbocycles. The average Bonchev–Trinajstić information content (AvgIpc) is 2.67. The van der Waals surface area contributed by atoms with Crippen LogP contribution in [-0.2, 0) is 16.6 Å². The number of aromatic nitrogens is 1. The van der Waals surface area contributed by atoms with Crippen LogP contribution in [0.25, 0.3) is 10.9 Å². The normalized spacial score (nSPS) is 10.5. The Labute approximate surface area is 100 Å². The van der Waals surface area contributed by atoms with Crippen LogP contribution in [0, 0.1) is 0 Å². The smallest absolute Gasteiger partial charge is 0.325 e. The molecular formula is C13H16N2O2. The molecule has 4 heteroatoms. The van der Waals surface area contributed by atoms with Crippen molar-refractivity contribution in [2.75, 3.05) is 25.6 Å². The van der Waals surface area contributed by atoms with Gasteiger partial charge in [0.15, 0.2) is 0 Å². The van der Waals surface area contributed by atoms with Gasteiger partial charge >= 0.3 is 5.97 Å². The lowest BCUT2D eigenvalue weighted by Crippen LogP contribution is -2.26. The molecule has 0 spiro atoms. The summed E-state index contributed by atoms with van der Waals surface area (Å²) in [5, 5.41) is 1.14. The molecule has 0 aliphatic rings. The molecular weight excluding hydrogens is 216 g/mol. The van der Waals surface area contributed by atoms with Gasteiger partial charge in [-0.15, -0.1) is 0 Å². The summed E-state index contributed by atoms with van der Waals surface area (Å²) >= 11 is 0. The third-order valence-corrected chi connectivity index (χ3v) is 2.88. The SMILES string of the molecule is COC(=O)CN(C)c1cn(C)c2ccccc12. The highest BCUT2D eigenvalue weighted by Gasteiger charge is 2.12. The Morgan fingerprint density at radius 2 is 2.12 bits per heavy atom. The second-order valence-corrected chi connectivity index (χ2v) is 4.07. The Bertz CT molecular complexity index is 545. The number of carbonyl (C=O) groups is 1. The molecule has 2 rings (SSSR count). The highest BCUT2D eigenvalue weighted by molar-refractivity contribution is 5.94. The van der Waals surface area contributed by atoms with Crippen LogP contribution >= 0.6 is 0 Å². The number of ether oxygens (including phenoxy) is 1. The van der Waals surface area contributed by atoms with Gasteiger partial charge in [-0.1, -0.05) is 18.2 Å². The van der Waals surface area contributed by atoms with E-state index in [0.717, 1.165) is 16.6 Å². The van der Waals surface area contributed by atoms with Gasteiger partial charge in [-0.3, -0.25) is 4.79 Å². The van der Waals surface area contributed by atoms with E-state index in [2.05, 4.69) is 21.4 Å². The van der Waals surface area contributed by atoms with E-state index in [0.29, 0.717) is 0 Å². The quantitative estimate of drug-likeness (QED) is 0.757. The van der Waals surface area contributed by atoms with E-state index in [4.69, 9.17) is 0 Å². The molecule has 90 valence electrons. The van der Waals surface area contributed by atoms with Crippen molar-refractivity contribution in [3.63, 3.8) is 0 Å². The third kappa shape index (κ3) is 2.11. The van der Waals surface area contributed by atoms with Crippen LogP contribution in [0.3, 0.4) is 0 Å². The number of carbonyl (C=O) groups excluding carboxylic acids is 1. The number of benzene rings is 1. The van der Waals surface area contributed by atoms with E-state index in [-0.39, 0.29) is 12.5 Å². The molecule has 0 radical (unpaired) electrons. The first-order chi connectivity index (χ1) is 8.13. The van der Waals surface area contributed by atoms with Crippen LogP contribution in [0.1, 0.15) is 0 Å². The number of hydrogen-bond donors (Lipinski definition) is 0. The zero-order valence-corrected chi connectivity index (χ0v) is 10.3. The maximum absolute atomic E-state index is 11.3. The van der Waals surface area contributed by atoms with Gasteiger partial charge in [0.05, 0.1) is 12.8 Å². The molecule has 0 saturated heterocycles. The van der Waals surface area contributed by atoms with Crippen LogP contribution < -0.4 is 4.90 Å². The van der Waals surface area contributed by atoms with Crippen LogP contribution in [-0.4, -0.2) is 31.2 Å². The number of nitrogens with zero attached hydrogens (tertiary/aromatic N) is 2. The first kappa shape index (κ1) is 11.5. The fraction of sp³-hybridized carbons (Fsp3) is 0.308. The van der Waals surface area contributed by atoms with Gasteiger partial charge in [0, 0.05) is 31.2 Å². The monoisotopic (exact) mass is 232 g/mol. The van der Waals surface area contributed by atoms with Crippen LogP contribution in [0.5, 0.6) is 0 Å². The Kier molecular flexibility index (Phi) is 3.04. The maximum atomic E-state index is 11.3. The topological polar surface area (TPSA) is 34.5 Å². The Balaban J connectivity index is 2.38. The molecule has 1 aromatic carbocycles. The molecule has 0 unspecified atom stereocenters. The minimum Gasteiger partial charge on any atom is -0.468 e. The summed E-state index contributed by atoms with van der Waals surface area (Å²) < 4.78 is 6.73. The summed E-state index contributed by atoms with van der Waals surface area (Å²) in [7, 11) is 5.29. The second kappa shape index (κ2) is 4.49. The summed E-state index contributed by atoms with van der Waals surface area (Å²) in [5.74, 6) is -0.236. The molecule has 2 aromatic rings. The first-order valence-electron chi connectivity index (χ1n) is 5.45. The number of para-hydroxylation sites is 1. The number of likely N-dealkylation sites (N-methyl/N-ethyl adjacent to an activating group) is 1. The van der Waals surface area contributed by atoms with Crippen molar-refractivity contribution in [3.8, 4) is 0 Å². The molecule has 0 fully saturated rings. The molecule has 0 bridgehead atoms. The zero-order chi connectivity index (χ0) is 12.4. The van der Waals surface area contributed by atoms with E-state index in [9.17, 15) is 4.79 Å². The van der Waals surface area contributed by atoms with Crippen molar-refractivity contribution >= 4 is 22.6 Å². The van der Waals surface area contributed by atoms with Crippen molar-refractivity contribution in [2.24, 2.45) is 7.05 Å². The molecule has 17 heavy (non-hydrogen) atoms. The van der Waals surface area contributed by atoms with Crippen LogP contribution in [0.2, 0.25) is 0 Å². The molecule has 1 heterocycles. The molecule has 4 nitrogen and oxygen atoms in total. The standard InChI is InChI=1S/C13H16N2O2/c1-14-8-12(15(2)9-13(16)17-3)10-6-4-5-7-11(10)14/h4-8H,9H2,1-3H3. The van der Waals surface area contributed by atoms with Crippen molar-refractivity contribution < 1.29 is 9.53 Å². The Morgan fingerprint density at radius 1 is 1.41 bits per heavy atom. The first-order valence-corrected chi connectivity index (χ1v) is 5.45. The van der Waals surface area contributed by atoms with Gasteiger partial charge in [-0.25, -0.2) is 0 Å². The lowest BCUT2D eigenvalue weighted by molar-refractivity contribution is -0.138. The fourth-order valence-corrected chi connectivity index (χ4v) is 1.97. The minimum atomic E-state index is -0.236. The van der Waals surface area contributed by atoms with Gasteiger partial charge in [-0.05, 0) is 6.07 Å². The van der Waals surface area contributed by atoms with Crippen molar-refractivity contribution in [1.82, 2.24) is 4.57 Å². The zero-order valence-electron chi connectivity index (χ0n) is 10.3. The number of hydrogen-bond acceptors (Lipinski definition) is 3. The molecule has 0 aliphatic heterocycles. The molecule has 0 amide bonds. The van der Waals surface area contributed by atoms with Gasteiger partial charge in [-0.2, -0.15) is 0 Å². The van der Waals surface area contributed by atoms with Crippen molar-refractivity contribution in [2.45, 2.75) is 0 Å². The second-order valence-electron chi connectivity index (χ2n) is 4.07. The van der Waals surface area contributed by atoms with Crippen LogP contribution in [0.4, 0.5) is 5.69 Å². The van der Waals surface area contributed by atoms with Crippen LogP contribution in [0.15, 0.2) is 30.5 Å². The maximum Gasteiger partial charge on any atom is 0.325 e. The van der Waals surface area contributed by atoms with E-state index in [1.54, 1.807) is 0 Å². The molecule has 0 saturated carbocycles. The largest absolute Gasteiger partial charge is 0.468 e. The number of anilines is 1. The fourth-order valence-electron chi connectivity index (χ4n) is 1.97. The van der Waals surface area contributed by atoms with E-state index in [1.165, 1.54) is 7.11 Å². The molecule has 0 atom stereocenters. The van der Waals surface area contributed by atoms with Gasteiger partial charge in [0.2, 0.25) is 0 Å². The Hall–Kier alpha value is -1.97. The van der Waals surface area contributed by atoms with Gasteiger partial charge in [0.25, 0.3) is 0 Å². The number of aryl methyl sites for hydroxylation is 1. The summed E-state index contributed by atoms with van der Waals surface area (Å²) in [4.78, 5) is 13.2. The van der Waals surface area contributed by atoms with Crippen molar-refractivity contribution in [1.29, 1.82) is 0 Å². The number of rotatable bonds is 3. The number of fused-ring (bicyclic) bond motifs is 1. The predicted molar refractivity (Wildman–Crippen MR) is 68.2 cm³/mol. The van der Waals surface area contributed by atoms with E-state index in [1.807, 2.05) is 37.3 Å². The lowest BCUT2D eigenvalue weighted by atomic mass is 10.2. The summed E-state index contributed by atoms with van der Waals surface area (Å²) in [5.41, 5.74) is 2.19. The summed E-state index contributed by atoms with van der Waals surface area (Å²) in [6.45, 7) is 0.254. The van der Waals surface area contributed by atoms with E-state index >= 15 is 0 Å². The molecule has 0 N–H and O–H groups in total. The average molecular weight is 232 g/mol. The number of esters is 1. The number of methoxy groups -OCH3 is 1. The third-order valence-electron chi connectivity index (χ3n) is 2.88. The van der Waals surface area contributed by atoms with E-state index < -0.39 is 0 Å². The van der Waals surface area contributed by atoms with Crippen molar-refractivity contribution in [3.05, 3.63) is 30.5 Å². The lowest BCUT2D eigenvalue weighted by Gasteiger charge is -2.16. The summed E-state index contributed by atoms with van der Waals surface area (Å²) in [6.07, 6.45) is 2.02. The Morgan fingerprint density at radius 3 is 2.82 bits per heavy atom. The highest BCUT2D eigenvalue weighted by Crippen LogP contribution is 2.27. The minimum absolute atomic E-state index is 0.236. The van der Waals surface area contributed by atoms with Gasteiger partial charge in [0.1, 0.15) is 6.54 Å². The van der Waals surface area contributed by atoms with Gasteiger partial charge < -0.3 is 14.2 Å². The molecule has 1 aromatic heterocycles.